The standard InChI is InChI=1S/C12H15NO2/c1-5-10(14)6-11-9(3)12(15-4)8(2)7-13-11/h5,7H,1,6H2,2-4H3. The first-order chi connectivity index (χ1) is 7.10. The van der Waals surface area contributed by atoms with Gasteiger partial charge in [0.15, 0.2) is 5.78 Å². The first kappa shape index (κ1) is 11.4. The SMILES string of the molecule is C=CC(=O)Cc1ncc(C)c(OC)c1C. The van der Waals surface area contributed by atoms with Gasteiger partial charge in [-0.25, -0.2) is 0 Å². The summed E-state index contributed by atoms with van der Waals surface area (Å²) in [6.07, 6.45) is 3.32. The van der Waals surface area contributed by atoms with Gasteiger partial charge in [0.05, 0.1) is 19.2 Å². The molecule has 80 valence electrons. The van der Waals surface area contributed by atoms with Crippen LogP contribution >= 0.6 is 0 Å². The van der Waals surface area contributed by atoms with Crippen LogP contribution in [-0.2, 0) is 11.2 Å². The lowest BCUT2D eigenvalue weighted by molar-refractivity contribution is -0.114. The summed E-state index contributed by atoms with van der Waals surface area (Å²) in [5.41, 5.74) is 2.65. The Morgan fingerprint density at radius 2 is 2.27 bits per heavy atom. The predicted octanol–water partition coefficient (Wildman–Crippen LogP) is 2.00. The largest absolute Gasteiger partial charge is 0.496 e. The molecule has 3 heteroatoms. The molecule has 0 aromatic carbocycles. The molecule has 1 heterocycles. The van der Waals surface area contributed by atoms with E-state index in [2.05, 4.69) is 11.6 Å². The summed E-state index contributed by atoms with van der Waals surface area (Å²) in [5.74, 6) is 0.772. The second-order valence-corrected chi connectivity index (χ2v) is 3.39. The minimum atomic E-state index is -0.0310. The van der Waals surface area contributed by atoms with Crippen LogP contribution in [-0.4, -0.2) is 17.9 Å². The topological polar surface area (TPSA) is 39.2 Å². The van der Waals surface area contributed by atoms with Gasteiger partial charge in [0, 0.05) is 17.3 Å². The first-order valence-corrected chi connectivity index (χ1v) is 4.74. The number of methoxy groups -OCH3 is 1. The third-order valence-electron chi connectivity index (χ3n) is 2.32. The number of ketones is 1. The highest BCUT2D eigenvalue weighted by Crippen LogP contribution is 2.24. The van der Waals surface area contributed by atoms with Gasteiger partial charge in [0.1, 0.15) is 5.75 Å². The highest BCUT2D eigenvalue weighted by atomic mass is 16.5. The van der Waals surface area contributed by atoms with Crippen molar-refractivity contribution in [2.45, 2.75) is 20.3 Å². The van der Waals surface area contributed by atoms with Crippen molar-refractivity contribution in [1.82, 2.24) is 4.98 Å². The highest BCUT2D eigenvalue weighted by Gasteiger charge is 2.10. The Morgan fingerprint density at radius 3 is 2.80 bits per heavy atom. The average Bonchev–Trinajstić information content (AvgIpc) is 2.23. The average molecular weight is 205 g/mol. The Bertz CT molecular complexity index is 397. The van der Waals surface area contributed by atoms with Gasteiger partial charge in [-0.05, 0) is 19.9 Å². The van der Waals surface area contributed by atoms with Crippen LogP contribution in [0.2, 0.25) is 0 Å². The fourth-order valence-electron chi connectivity index (χ4n) is 1.49. The minimum absolute atomic E-state index is 0.0310. The second-order valence-electron chi connectivity index (χ2n) is 3.39. The number of carbonyl (C=O) groups excluding carboxylic acids is 1. The molecule has 0 radical (unpaired) electrons. The lowest BCUT2D eigenvalue weighted by Gasteiger charge is -2.11. The maximum Gasteiger partial charge on any atom is 0.161 e. The molecular formula is C12H15NO2. The molecule has 1 aromatic heterocycles. The monoisotopic (exact) mass is 205 g/mol. The minimum Gasteiger partial charge on any atom is -0.496 e. The van der Waals surface area contributed by atoms with Crippen LogP contribution in [0.4, 0.5) is 0 Å². The molecule has 0 N–H and O–H groups in total. The Morgan fingerprint density at radius 1 is 1.60 bits per heavy atom. The zero-order valence-electron chi connectivity index (χ0n) is 9.33. The van der Waals surface area contributed by atoms with Crippen molar-refractivity contribution in [3.05, 3.63) is 35.7 Å². The molecule has 0 aliphatic heterocycles. The van der Waals surface area contributed by atoms with Gasteiger partial charge >= 0.3 is 0 Å². The Kier molecular flexibility index (Phi) is 3.61. The molecule has 0 aliphatic rings. The highest BCUT2D eigenvalue weighted by molar-refractivity contribution is 5.90. The smallest absolute Gasteiger partial charge is 0.161 e. The lowest BCUT2D eigenvalue weighted by Crippen LogP contribution is -2.05. The number of hydrogen-bond donors (Lipinski definition) is 0. The molecule has 0 amide bonds. The van der Waals surface area contributed by atoms with Gasteiger partial charge < -0.3 is 4.74 Å². The fraction of sp³-hybridized carbons (Fsp3) is 0.333. The summed E-state index contributed by atoms with van der Waals surface area (Å²) in [5, 5.41) is 0. The van der Waals surface area contributed by atoms with E-state index in [-0.39, 0.29) is 12.2 Å². The van der Waals surface area contributed by atoms with Crippen molar-refractivity contribution < 1.29 is 9.53 Å². The second kappa shape index (κ2) is 4.73. The molecule has 3 nitrogen and oxygen atoms in total. The number of aromatic nitrogens is 1. The zero-order chi connectivity index (χ0) is 11.4. The number of ether oxygens (including phenoxy) is 1. The quantitative estimate of drug-likeness (QED) is 0.706. The maximum atomic E-state index is 11.2. The molecule has 0 spiro atoms. The Hall–Kier alpha value is -1.64. The molecule has 15 heavy (non-hydrogen) atoms. The van der Waals surface area contributed by atoms with E-state index in [0.717, 1.165) is 22.6 Å². The van der Waals surface area contributed by atoms with Crippen LogP contribution in [0.3, 0.4) is 0 Å². The van der Waals surface area contributed by atoms with Crippen molar-refractivity contribution in [2.75, 3.05) is 7.11 Å². The Balaban J connectivity index is 3.10. The van der Waals surface area contributed by atoms with Gasteiger partial charge in [-0.15, -0.1) is 0 Å². The van der Waals surface area contributed by atoms with E-state index in [1.807, 2.05) is 13.8 Å². The van der Waals surface area contributed by atoms with Crippen molar-refractivity contribution in [3.8, 4) is 5.75 Å². The number of hydrogen-bond acceptors (Lipinski definition) is 3. The first-order valence-electron chi connectivity index (χ1n) is 4.74. The summed E-state index contributed by atoms with van der Waals surface area (Å²) in [6.45, 7) is 7.27. The van der Waals surface area contributed by atoms with Crippen molar-refractivity contribution in [2.24, 2.45) is 0 Å². The number of aryl methyl sites for hydroxylation is 1. The van der Waals surface area contributed by atoms with Crippen LogP contribution < -0.4 is 4.74 Å². The summed E-state index contributed by atoms with van der Waals surface area (Å²) in [4.78, 5) is 15.4. The predicted molar refractivity (Wildman–Crippen MR) is 59.2 cm³/mol. The van der Waals surface area contributed by atoms with E-state index in [1.165, 1.54) is 6.08 Å². The summed E-state index contributed by atoms with van der Waals surface area (Å²) < 4.78 is 5.25. The van der Waals surface area contributed by atoms with Crippen LogP contribution in [0.1, 0.15) is 16.8 Å². The third-order valence-corrected chi connectivity index (χ3v) is 2.32. The molecule has 0 saturated heterocycles. The van der Waals surface area contributed by atoms with Gasteiger partial charge in [-0.3, -0.25) is 9.78 Å². The van der Waals surface area contributed by atoms with Crippen molar-refractivity contribution in [1.29, 1.82) is 0 Å². The van der Waals surface area contributed by atoms with Crippen LogP contribution in [0.15, 0.2) is 18.9 Å². The van der Waals surface area contributed by atoms with E-state index in [1.54, 1.807) is 13.3 Å². The number of rotatable bonds is 4. The van der Waals surface area contributed by atoms with Gasteiger partial charge in [-0.1, -0.05) is 6.58 Å². The van der Waals surface area contributed by atoms with Crippen molar-refractivity contribution >= 4 is 5.78 Å². The lowest BCUT2D eigenvalue weighted by atomic mass is 10.1. The third kappa shape index (κ3) is 2.43. The normalized spacial score (nSPS) is 9.80. The Labute approximate surface area is 89.8 Å². The fourth-order valence-corrected chi connectivity index (χ4v) is 1.49. The number of pyridine rings is 1. The van der Waals surface area contributed by atoms with Crippen LogP contribution in [0.5, 0.6) is 5.75 Å². The molecule has 1 rings (SSSR count). The molecule has 0 fully saturated rings. The number of nitrogens with zero attached hydrogens (tertiary/aromatic N) is 1. The van der Waals surface area contributed by atoms with E-state index >= 15 is 0 Å². The van der Waals surface area contributed by atoms with Crippen LogP contribution in [0, 0.1) is 13.8 Å². The van der Waals surface area contributed by atoms with Crippen molar-refractivity contribution in [3.63, 3.8) is 0 Å². The molecule has 1 aromatic rings. The zero-order valence-corrected chi connectivity index (χ0v) is 9.33. The molecule has 0 aliphatic carbocycles. The van der Waals surface area contributed by atoms with E-state index in [4.69, 9.17) is 4.74 Å². The van der Waals surface area contributed by atoms with E-state index in [0.29, 0.717) is 0 Å². The number of allylic oxidation sites excluding steroid dienone is 1. The molecule has 0 bridgehead atoms. The summed E-state index contributed by atoms with van der Waals surface area (Å²) in [7, 11) is 1.62. The van der Waals surface area contributed by atoms with Crippen LogP contribution in [0.25, 0.3) is 0 Å². The molecule has 0 atom stereocenters. The van der Waals surface area contributed by atoms with Gasteiger partial charge in [-0.2, -0.15) is 0 Å². The maximum absolute atomic E-state index is 11.2. The van der Waals surface area contributed by atoms with Gasteiger partial charge in [0.2, 0.25) is 0 Å². The molecular weight excluding hydrogens is 190 g/mol. The molecule has 0 unspecified atom stereocenters. The van der Waals surface area contributed by atoms with Gasteiger partial charge in [0.25, 0.3) is 0 Å². The number of carbonyl (C=O) groups is 1. The van der Waals surface area contributed by atoms with E-state index in [9.17, 15) is 4.79 Å². The molecule has 0 saturated carbocycles. The summed E-state index contributed by atoms with van der Waals surface area (Å²) >= 11 is 0. The van der Waals surface area contributed by atoms with E-state index < -0.39 is 0 Å². The summed E-state index contributed by atoms with van der Waals surface area (Å²) in [6, 6.07) is 0.